The lowest BCUT2D eigenvalue weighted by molar-refractivity contribution is -0.143. The Bertz CT molecular complexity index is 3770. The highest BCUT2D eigenvalue weighted by molar-refractivity contribution is 7.80. The molecule has 18 atom stereocenters. The molecule has 1 rings (SSSR count). The molecule has 1 aromatic rings. The highest BCUT2D eigenvalue weighted by atomic mass is 32.1. The van der Waals surface area contributed by atoms with E-state index in [1.54, 1.807) is 6.92 Å². The fourth-order valence-corrected chi connectivity index (χ4v) is 10.8. The van der Waals surface area contributed by atoms with Gasteiger partial charge in [0.05, 0.1) is 71.7 Å². The molecular formula is C69H114N22O29S. The van der Waals surface area contributed by atoms with E-state index in [9.17, 15) is 137 Å². The number of nitrogens with two attached hydrogens (primary N) is 5. The maximum atomic E-state index is 14.3. The van der Waals surface area contributed by atoms with E-state index in [4.69, 9.17) is 33.8 Å². The molecule has 51 nitrogen and oxygen atoms in total. The van der Waals surface area contributed by atoms with Crippen LogP contribution in [-0.2, 0) is 97.5 Å². The highest BCUT2D eigenvalue weighted by Crippen LogP contribution is 2.15. The Morgan fingerprint density at radius 3 is 1.09 bits per heavy atom. The summed E-state index contributed by atoms with van der Waals surface area (Å²) in [6, 6.07) is -24.0. The Hall–Kier alpha value is -11.8. The first-order valence-electron chi connectivity index (χ1n) is 37.5. The number of carbonyl (C=O) groups excluding carboxylic acids is 18. The van der Waals surface area contributed by atoms with Crippen molar-refractivity contribution in [3.05, 3.63) is 29.8 Å². The molecule has 0 saturated heterocycles. The second-order valence-corrected chi connectivity index (χ2v) is 28.4. The van der Waals surface area contributed by atoms with E-state index >= 15 is 0 Å². The quantitative estimate of drug-likeness (QED) is 0.0125. The summed E-state index contributed by atoms with van der Waals surface area (Å²) in [5, 5.41) is 136. The van der Waals surface area contributed by atoms with Crippen LogP contribution in [0.25, 0.3) is 0 Å². The molecule has 52 heteroatoms. The third kappa shape index (κ3) is 37.6. The van der Waals surface area contributed by atoms with Gasteiger partial charge in [-0.15, -0.1) is 0 Å². The molecule has 0 saturated carbocycles. The SMILES string of the molecule is CC[C@H](C)[C@H](NC(=O)[C@H](CO)NC(=O)[C@H](CC(N)=O)NC(=O)[C@H](Cc1ccc(O)cc1)NC(=O)[C@H](CO)NC(=O)[C@@H](NC(=O)CNC(=O)[C@H](CO)NC(=O)[C@H](CC(N)=O)NC(=O)[C@H](CS)NC(=O)[C@@H](N)CO)[C@@H](C)O)C(=O)N[C@@H](CO)C(=O)N[C@@H](CO)C(=O)N[C@H](C(=O)N[C@H](C(=O)N[C@@H](CO)C(=O)N[C@@H](CCCN=C(N)N)C(=O)O)C(C)C)C(C)C. The summed E-state index contributed by atoms with van der Waals surface area (Å²) in [7, 11) is 0. The van der Waals surface area contributed by atoms with Crippen LogP contribution in [0.2, 0.25) is 0 Å². The Labute approximate surface area is 697 Å². The topological polar surface area (TPSA) is 862 Å². The van der Waals surface area contributed by atoms with E-state index < -0.39 is 311 Å². The van der Waals surface area contributed by atoms with E-state index in [-0.39, 0.29) is 43.1 Å². The number of carboxylic acids is 1. The van der Waals surface area contributed by atoms with Gasteiger partial charge in [0.2, 0.25) is 106 Å². The zero-order valence-electron chi connectivity index (χ0n) is 67.2. The van der Waals surface area contributed by atoms with E-state index in [1.807, 2.05) is 16.0 Å². The Kier molecular flexibility index (Phi) is 48.2. The lowest BCUT2D eigenvalue weighted by atomic mass is 9.97. The van der Waals surface area contributed by atoms with E-state index in [0.717, 1.165) is 19.1 Å². The van der Waals surface area contributed by atoms with Crippen LogP contribution < -0.4 is 114 Å². The molecule has 36 N–H and O–H groups in total. The summed E-state index contributed by atoms with van der Waals surface area (Å²) in [5.74, 6) is -27.1. The summed E-state index contributed by atoms with van der Waals surface area (Å²) in [4.78, 5) is 257. The van der Waals surface area contributed by atoms with Crippen molar-refractivity contribution in [1.29, 1.82) is 0 Å². The molecule has 18 amide bonds. The molecule has 0 aliphatic rings. The van der Waals surface area contributed by atoms with Gasteiger partial charge in [-0.1, -0.05) is 60.1 Å². The number of primary amides is 2. The van der Waals surface area contributed by atoms with Crippen LogP contribution in [0.4, 0.5) is 0 Å². The van der Waals surface area contributed by atoms with Crippen molar-refractivity contribution in [2.75, 3.05) is 65.1 Å². The van der Waals surface area contributed by atoms with Gasteiger partial charge in [0, 0.05) is 18.7 Å². The lowest BCUT2D eigenvalue weighted by Gasteiger charge is -2.30. The third-order valence-corrected chi connectivity index (χ3v) is 18.0. The van der Waals surface area contributed by atoms with Gasteiger partial charge < -0.3 is 165 Å². The molecular weight excluding hydrogens is 1630 g/mol. The minimum Gasteiger partial charge on any atom is -0.508 e. The number of benzene rings is 1. The number of aromatic hydroxyl groups is 1. The number of phenolic OH excluding ortho intramolecular Hbond substituents is 1. The predicted molar refractivity (Wildman–Crippen MR) is 421 cm³/mol. The van der Waals surface area contributed by atoms with Gasteiger partial charge in [-0.05, 0) is 55.2 Å². The number of amides is 18. The minimum absolute atomic E-state index is 0.0169. The zero-order valence-corrected chi connectivity index (χ0v) is 68.1. The minimum atomic E-state index is -2.10. The molecule has 0 radical (unpaired) electrons. The molecule has 0 unspecified atom stereocenters. The Morgan fingerprint density at radius 2 is 0.719 bits per heavy atom. The molecule has 0 aliphatic heterocycles. The molecule has 0 bridgehead atoms. The van der Waals surface area contributed by atoms with Crippen LogP contribution in [-0.4, -0.2) is 337 Å². The molecule has 0 spiro atoms. The van der Waals surface area contributed by atoms with Crippen LogP contribution in [0.3, 0.4) is 0 Å². The fourth-order valence-electron chi connectivity index (χ4n) is 10.5. The number of aliphatic hydroxyl groups is 8. The number of rotatable bonds is 56. The largest absolute Gasteiger partial charge is 0.508 e. The second kappa shape index (κ2) is 54.4. The maximum absolute atomic E-state index is 14.3. The normalized spacial score (nSPS) is 15.6. The summed E-state index contributed by atoms with van der Waals surface area (Å²) in [6.45, 7) is 0.745. The van der Waals surface area contributed by atoms with Gasteiger partial charge in [-0.2, -0.15) is 12.6 Å². The first-order chi connectivity index (χ1) is 56.7. The van der Waals surface area contributed by atoms with Crippen molar-refractivity contribution >= 4 is 131 Å². The number of hydrogen-bond donors (Lipinski definition) is 32. The van der Waals surface area contributed by atoms with Crippen molar-refractivity contribution < 1.29 is 142 Å². The third-order valence-electron chi connectivity index (χ3n) is 17.7. The Morgan fingerprint density at radius 1 is 0.397 bits per heavy atom. The molecule has 0 heterocycles. The number of thiol groups is 1. The molecule has 1 aromatic carbocycles. The molecule has 0 aliphatic carbocycles. The number of aliphatic carboxylic acids is 1. The highest BCUT2D eigenvalue weighted by Gasteiger charge is 2.40. The predicted octanol–water partition coefficient (Wildman–Crippen LogP) is -16.8. The molecule has 121 heavy (non-hydrogen) atoms. The molecule has 0 fully saturated rings. The average molecular weight is 1750 g/mol. The van der Waals surface area contributed by atoms with Gasteiger partial charge >= 0.3 is 5.97 Å². The fraction of sp³-hybridized carbons (Fsp3) is 0.623. The summed E-state index contributed by atoms with van der Waals surface area (Å²) in [6.07, 6.45) is -4.37. The number of hydrogen-bond acceptors (Lipinski definition) is 31. The number of carboxylic acid groups (broad SMARTS) is 1. The van der Waals surface area contributed by atoms with Crippen molar-refractivity contribution in [2.45, 2.75) is 190 Å². The monoisotopic (exact) mass is 1750 g/mol. The maximum Gasteiger partial charge on any atom is 0.326 e. The van der Waals surface area contributed by atoms with E-state index in [1.165, 1.54) is 46.8 Å². The van der Waals surface area contributed by atoms with Crippen LogP contribution >= 0.6 is 12.6 Å². The van der Waals surface area contributed by atoms with Crippen molar-refractivity contribution in [3.8, 4) is 5.75 Å². The number of carbonyl (C=O) groups is 19. The Balaban J connectivity index is 3.38. The van der Waals surface area contributed by atoms with Crippen LogP contribution in [0.5, 0.6) is 5.75 Å². The van der Waals surface area contributed by atoms with Crippen molar-refractivity contribution in [2.24, 2.45) is 51.4 Å². The smallest absolute Gasteiger partial charge is 0.326 e. The molecule has 0 aromatic heterocycles. The first kappa shape index (κ1) is 107. The zero-order chi connectivity index (χ0) is 92.4. The van der Waals surface area contributed by atoms with Gasteiger partial charge in [-0.3, -0.25) is 91.3 Å². The van der Waals surface area contributed by atoms with Gasteiger partial charge in [0.15, 0.2) is 5.96 Å². The number of nitrogens with zero attached hydrogens (tertiary/aromatic N) is 1. The van der Waals surface area contributed by atoms with Gasteiger partial charge in [0.1, 0.15) is 102 Å². The summed E-state index contributed by atoms with van der Waals surface area (Å²) >= 11 is 3.96. The standard InChI is InChI=1S/C69H114N22O29S/c1-8-30(6)51(66(117)85-42(24-96)60(111)83-43(25-97)61(112)89-50(29(4)5)65(116)90-49(28(2)3)64(115)84-40(22-94)58(109)77-35(68(119)120)10-9-15-75-69(73)74)91-62(113)44(26-98)82-57(108)37(17-46(71)101)79-55(106)36(16-32-11-13-33(100)14-12-32)78-59(110)41(23-95)86-67(118)52(31(7)99)88-48(103)19-76-54(105)39(21-93)81-56(107)38(18-47(72)102)80-63(114)45(27-121)87-53(104)34(70)20-92/h11-14,28-31,34-45,49-52,92-100,121H,8-10,15-27,70H2,1-7H3,(H2,71,101)(H2,72,102)(H,76,105)(H,77,109)(H,78,110)(H,79,106)(H,80,114)(H,81,107)(H,82,108)(H,83,111)(H,84,115)(H,85,117)(H,86,118)(H,87,104)(H,88,103)(H,89,112)(H,90,116)(H,91,113)(H,119,120)(H4,73,74,75)/t30-,31+,34-,35-,36-,37-,38-,39-,40-,41-,42-,43-,44-,45-,49-,50-,51-,52-/m0/s1. The van der Waals surface area contributed by atoms with Crippen LogP contribution in [0, 0.1) is 17.8 Å². The summed E-state index contributed by atoms with van der Waals surface area (Å²) in [5.41, 5.74) is 26.9. The average Bonchev–Trinajstić information content (AvgIpc) is 0.893. The van der Waals surface area contributed by atoms with E-state index in [2.05, 4.69) is 86.7 Å². The lowest BCUT2D eigenvalue weighted by Crippen LogP contribution is -2.63. The van der Waals surface area contributed by atoms with E-state index in [0.29, 0.717) is 0 Å². The number of guanidine groups is 1. The van der Waals surface area contributed by atoms with Crippen molar-refractivity contribution in [3.63, 3.8) is 0 Å². The van der Waals surface area contributed by atoms with Crippen molar-refractivity contribution in [1.82, 2.24) is 85.1 Å². The second-order valence-electron chi connectivity index (χ2n) is 28.1. The van der Waals surface area contributed by atoms with Crippen LogP contribution in [0.1, 0.15) is 86.1 Å². The number of aliphatic hydroxyl groups excluding tert-OH is 8. The number of aliphatic imine (C=N–C) groups is 1. The van der Waals surface area contributed by atoms with Crippen LogP contribution in [0.15, 0.2) is 29.3 Å². The van der Waals surface area contributed by atoms with Gasteiger partial charge in [-0.25, -0.2) is 4.79 Å². The number of nitrogens with one attached hydrogen (secondary N) is 16. The molecule has 680 valence electrons. The van der Waals surface area contributed by atoms with Gasteiger partial charge in [0.25, 0.3) is 0 Å². The first-order valence-corrected chi connectivity index (χ1v) is 38.1. The summed E-state index contributed by atoms with van der Waals surface area (Å²) < 4.78 is 0. The number of phenols is 1.